The summed E-state index contributed by atoms with van der Waals surface area (Å²) in [5.74, 6) is -0.878. The molecule has 0 heterocycles. The van der Waals surface area contributed by atoms with Crippen molar-refractivity contribution in [2.75, 3.05) is 0 Å². The van der Waals surface area contributed by atoms with Crippen LogP contribution in [0.2, 0.25) is 0 Å². The van der Waals surface area contributed by atoms with Gasteiger partial charge in [-0.1, -0.05) is 17.7 Å². The second kappa shape index (κ2) is 5.36. The largest absolute Gasteiger partial charge is 0.478 e. The summed E-state index contributed by atoms with van der Waals surface area (Å²) in [4.78, 5) is 10.8. The van der Waals surface area contributed by atoms with Crippen LogP contribution in [0.5, 0.6) is 0 Å². The van der Waals surface area contributed by atoms with Crippen LogP contribution in [0.25, 0.3) is 0 Å². The van der Waals surface area contributed by atoms with Gasteiger partial charge in [0.25, 0.3) is 0 Å². The highest BCUT2D eigenvalue weighted by Gasteiger charge is 2.07. The second-order valence-electron chi connectivity index (χ2n) is 2.87. The predicted octanol–water partition coefficient (Wildman–Crippen LogP) is 2.93. The highest BCUT2D eigenvalue weighted by atomic mass is 16.4. The van der Waals surface area contributed by atoms with Gasteiger partial charge in [0.2, 0.25) is 0 Å². The van der Waals surface area contributed by atoms with Crippen LogP contribution in [0.1, 0.15) is 27.7 Å². The molecular weight excluding hydrogens is 164 g/mol. The number of allylic oxidation sites excluding steroid dienone is 4. The first-order valence-electron chi connectivity index (χ1n) is 4.24. The lowest BCUT2D eigenvalue weighted by atomic mass is 10.1. The van der Waals surface area contributed by atoms with Gasteiger partial charge in [0.05, 0.1) is 5.57 Å². The Morgan fingerprint density at radius 1 is 1.15 bits per heavy atom. The van der Waals surface area contributed by atoms with Crippen LogP contribution in [-0.2, 0) is 4.79 Å². The zero-order valence-electron chi connectivity index (χ0n) is 8.59. The van der Waals surface area contributed by atoms with E-state index in [0.29, 0.717) is 5.57 Å². The van der Waals surface area contributed by atoms with Crippen molar-refractivity contribution < 1.29 is 9.90 Å². The fourth-order valence-corrected chi connectivity index (χ4v) is 0.811. The summed E-state index contributed by atoms with van der Waals surface area (Å²) in [7, 11) is 0. The van der Waals surface area contributed by atoms with Crippen molar-refractivity contribution in [2.24, 2.45) is 0 Å². The summed E-state index contributed by atoms with van der Waals surface area (Å²) in [6.07, 6.45) is 5.35. The monoisotopic (exact) mass is 180 g/mol. The van der Waals surface area contributed by atoms with Gasteiger partial charge in [-0.05, 0) is 39.3 Å². The molecule has 0 unspecified atom stereocenters. The number of carboxylic acids is 1. The Morgan fingerprint density at radius 3 is 2.00 bits per heavy atom. The minimum Gasteiger partial charge on any atom is -0.478 e. The molecule has 0 fully saturated rings. The van der Waals surface area contributed by atoms with Crippen molar-refractivity contribution >= 4 is 5.97 Å². The van der Waals surface area contributed by atoms with Crippen molar-refractivity contribution in [2.45, 2.75) is 27.7 Å². The van der Waals surface area contributed by atoms with Crippen LogP contribution in [0.3, 0.4) is 0 Å². The maximum atomic E-state index is 10.8. The van der Waals surface area contributed by atoms with Gasteiger partial charge in [0.15, 0.2) is 0 Å². The Morgan fingerprint density at radius 2 is 1.69 bits per heavy atom. The number of hydrogen-bond donors (Lipinski definition) is 1. The molecule has 0 spiro atoms. The Hall–Kier alpha value is -1.31. The lowest BCUT2D eigenvalue weighted by molar-refractivity contribution is -0.132. The van der Waals surface area contributed by atoms with Crippen LogP contribution in [0.15, 0.2) is 34.9 Å². The summed E-state index contributed by atoms with van der Waals surface area (Å²) < 4.78 is 0. The molecule has 0 saturated carbocycles. The highest BCUT2D eigenvalue weighted by Crippen LogP contribution is 2.12. The molecule has 0 amide bonds. The summed E-state index contributed by atoms with van der Waals surface area (Å²) in [6, 6.07) is 0. The van der Waals surface area contributed by atoms with Crippen molar-refractivity contribution in [1.29, 1.82) is 0 Å². The van der Waals surface area contributed by atoms with Crippen molar-refractivity contribution in [3.05, 3.63) is 34.9 Å². The average Bonchev–Trinajstić information content (AvgIpc) is 2.11. The van der Waals surface area contributed by atoms with Crippen LogP contribution in [0, 0.1) is 0 Å². The number of hydrogen-bond acceptors (Lipinski definition) is 1. The molecule has 0 aromatic heterocycles. The first-order chi connectivity index (χ1) is 6.02. The maximum absolute atomic E-state index is 10.8. The Kier molecular flexibility index (Phi) is 4.82. The molecule has 0 saturated heterocycles. The average molecular weight is 180 g/mol. The van der Waals surface area contributed by atoms with Gasteiger partial charge in [0, 0.05) is 0 Å². The van der Waals surface area contributed by atoms with E-state index in [9.17, 15) is 4.79 Å². The van der Waals surface area contributed by atoms with Gasteiger partial charge in [-0.2, -0.15) is 0 Å². The molecule has 0 aliphatic rings. The van der Waals surface area contributed by atoms with Crippen LogP contribution >= 0.6 is 0 Å². The summed E-state index contributed by atoms with van der Waals surface area (Å²) in [5, 5.41) is 8.88. The van der Waals surface area contributed by atoms with E-state index in [1.165, 1.54) is 0 Å². The molecule has 13 heavy (non-hydrogen) atoms. The zero-order valence-corrected chi connectivity index (χ0v) is 8.59. The molecule has 0 rings (SSSR count). The van der Waals surface area contributed by atoms with Crippen LogP contribution in [-0.4, -0.2) is 11.1 Å². The number of aliphatic carboxylic acids is 1. The minimum atomic E-state index is -0.878. The summed E-state index contributed by atoms with van der Waals surface area (Å²) in [5.41, 5.74) is 2.10. The van der Waals surface area contributed by atoms with E-state index in [0.717, 1.165) is 11.1 Å². The van der Waals surface area contributed by atoms with Gasteiger partial charge < -0.3 is 5.11 Å². The van der Waals surface area contributed by atoms with Gasteiger partial charge in [-0.25, -0.2) is 4.79 Å². The number of carbonyl (C=O) groups is 1. The van der Waals surface area contributed by atoms with Gasteiger partial charge in [-0.3, -0.25) is 0 Å². The maximum Gasteiger partial charge on any atom is 0.335 e. The Labute approximate surface area is 79.3 Å². The Balaban J connectivity index is 5.04. The standard InChI is InChI=1S/C11H16O2/c1-5-8(3)7-10(11(12)13)9(4)6-2/h5-7H,1-4H3,(H,12,13)/b8-5-,9-6+,10-7+. The van der Waals surface area contributed by atoms with E-state index >= 15 is 0 Å². The lowest BCUT2D eigenvalue weighted by Crippen LogP contribution is -2.01. The fourth-order valence-electron chi connectivity index (χ4n) is 0.811. The molecule has 2 heteroatoms. The smallest absolute Gasteiger partial charge is 0.335 e. The van der Waals surface area contributed by atoms with Crippen molar-refractivity contribution in [3.8, 4) is 0 Å². The van der Waals surface area contributed by atoms with Gasteiger partial charge in [-0.15, -0.1) is 0 Å². The van der Waals surface area contributed by atoms with E-state index < -0.39 is 5.97 Å². The van der Waals surface area contributed by atoms with Crippen LogP contribution in [0.4, 0.5) is 0 Å². The van der Waals surface area contributed by atoms with Crippen molar-refractivity contribution in [1.82, 2.24) is 0 Å². The lowest BCUT2D eigenvalue weighted by Gasteiger charge is -2.01. The van der Waals surface area contributed by atoms with E-state index in [1.54, 1.807) is 19.1 Å². The molecule has 0 bridgehead atoms. The van der Waals surface area contributed by atoms with E-state index in [1.807, 2.05) is 26.8 Å². The van der Waals surface area contributed by atoms with E-state index in [-0.39, 0.29) is 0 Å². The minimum absolute atomic E-state index is 0.359. The third kappa shape index (κ3) is 3.74. The molecule has 0 aromatic carbocycles. The normalized spacial score (nSPS) is 14.6. The third-order valence-electron chi connectivity index (χ3n) is 1.92. The molecule has 72 valence electrons. The molecule has 1 N–H and O–H groups in total. The fraction of sp³-hybridized carbons (Fsp3) is 0.364. The van der Waals surface area contributed by atoms with Gasteiger partial charge >= 0.3 is 5.97 Å². The molecule has 0 atom stereocenters. The van der Waals surface area contributed by atoms with Crippen LogP contribution < -0.4 is 0 Å². The SMILES string of the molecule is C\C=C(C)/C=C(C(=O)O)\C(C)=C\C. The third-order valence-corrected chi connectivity index (χ3v) is 1.92. The van der Waals surface area contributed by atoms with Crippen molar-refractivity contribution in [3.63, 3.8) is 0 Å². The molecule has 0 aromatic rings. The summed E-state index contributed by atoms with van der Waals surface area (Å²) in [6.45, 7) is 7.39. The number of carboxylic acid groups (broad SMARTS) is 1. The molecule has 0 radical (unpaired) electrons. The first kappa shape index (κ1) is 11.7. The zero-order chi connectivity index (χ0) is 10.4. The Bertz CT molecular complexity index is 280. The highest BCUT2D eigenvalue weighted by molar-refractivity contribution is 5.92. The first-order valence-corrected chi connectivity index (χ1v) is 4.24. The van der Waals surface area contributed by atoms with E-state index in [4.69, 9.17) is 5.11 Å². The number of rotatable bonds is 3. The molecule has 2 nitrogen and oxygen atoms in total. The molecular formula is C11H16O2. The van der Waals surface area contributed by atoms with Gasteiger partial charge in [0.1, 0.15) is 0 Å². The quantitative estimate of drug-likeness (QED) is 0.535. The second-order valence-corrected chi connectivity index (χ2v) is 2.87. The van der Waals surface area contributed by atoms with E-state index in [2.05, 4.69) is 0 Å². The predicted molar refractivity (Wildman–Crippen MR) is 54.6 cm³/mol. The topological polar surface area (TPSA) is 37.3 Å². The molecule has 0 aliphatic heterocycles. The summed E-state index contributed by atoms with van der Waals surface area (Å²) >= 11 is 0. The molecule has 0 aliphatic carbocycles.